The minimum Gasteiger partial charge on any atom is -0.504 e. The van der Waals surface area contributed by atoms with Crippen LogP contribution in [0.2, 0.25) is 0 Å². The lowest BCUT2D eigenvalue weighted by molar-refractivity contribution is 0.340. The molecule has 0 fully saturated rings. The van der Waals surface area contributed by atoms with Crippen LogP contribution in [0.15, 0.2) is 49.2 Å². The van der Waals surface area contributed by atoms with Crippen molar-refractivity contribution in [1.82, 2.24) is 19.9 Å². The van der Waals surface area contributed by atoms with Crippen molar-refractivity contribution < 1.29 is 9.47 Å². The van der Waals surface area contributed by atoms with Crippen LogP contribution >= 0.6 is 0 Å². The molecule has 0 radical (unpaired) electrons. The predicted molar refractivity (Wildman–Crippen MR) is 102 cm³/mol. The van der Waals surface area contributed by atoms with Crippen LogP contribution in [0.25, 0.3) is 45.0 Å². The van der Waals surface area contributed by atoms with Gasteiger partial charge in [0.25, 0.3) is 0 Å². The molecule has 0 atom stereocenters. The van der Waals surface area contributed by atoms with Crippen LogP contribution in [-0.4, -0.2) is 34.2 Å². The Kier molecular flexibility index (Phi) is 4.15. The molecule has 0 amide bonds. The zero-order valence-electron chi connectivity index (χ0n) is 14.4. The summed E-state index contributed by atoms with van der Waals surface area (Å²) >= 11 is 0. The molecule has 0 bridgehead atoms. The van der Waals surface area contributed by atoms with Gasteiger partial charge in [0.05, 0.1) is 60.2 Å². The Bertz CT molecular complexity index is 1080. The highest BCUT2D eigenvalue weighted by molar-refractivity contribution is 6.20. The fraction of sp³-hybridized carbons (Fsp3) is 0.100. The number of benzene rings is 1. The van der Waals surface area contributed by atoms with Crippen LogP contribution in [0.5, 0.6) is 0 Å². The number of nitrogens with zero attached hydrogens (tertiary/aromatic N) is 4. The van der Waals surface area contributed by atoms with Crippen molar-refractivity contribution >= 4 is 45.0 Å². The number of fused-ring (bicyclic) bond motifs is 6. The number of rotatable bonds is 4. The van der Waals surface area contributed by atoms with Gasteiger partial charge in [-0.2, -0.15) is 0 Å². The van der Waals surface area contributed by atoms with E-state index in [-0.39, 0.29) is 0 Å². The summed E-state index contributed by atoms with van der Waals surface area (Å²) in [6, 6.07) is 7.76. The fourth-order valence-corrected chi connectivity index (χ4v) is 2.92. The van der Waals surface area contributed by atoms with Gasteiger partial charge >= 0.3 is 0 Å². The van der Waals surface area contributed by atoms with Gasteiger partial charge in [-0.3, -0.25) is 9.97 Å². The Labute approximate surface area is 149 Å². The predicted octanol–water partition coefficient (Wildman–Crippen LogP) is 3.96. The molecular formula is C20H16N4O2. The van der Waals surface area contributed by atoms with Crippen molar-refractivity contribution in [2.75, 3.05) is 14.2 Å². The molecule has 4 rings (SSSR count). The molecule has 0 aliphatic rings. The molecule has 0 aliphatic heterocycles. The quantitative estimate of drug-likeness (QED) is 0.412. The highest BCUT2D eigenvalue weighted by atomic mass is 16.5. The molecule has 4 aromatic rings. The van der Waals surface area contributed by atoms with Gasteiger partial charge in [-0.05, 0) is 24.3 Å². The maximum atomic E-state index is 5.05. The van der Waals surface area contributed by atoms with Gasteiger partial charge in [-0.25, -0.2) is 9.97 Å². The zero-order chi connectivity index (χ0) is 17.9. The van der Waals surface area contributed by atoms with E-state index in [9.17, 15) is 0 Å². The first-order chi connectivity index (χ1) is 12.8. The maximum absolute atomic E-state index is 5.05. The molecule has 0 saturated heterocycles. The van der Waals surface area contributed by atoms with E-state index in [4.69, 9.17) is 19.4 Å². The van der Waals surface area contributed by atoms with E-state index in [2.05, 4.69) is 9.97 Å². The maximum Gasteiger partial charge on any atom is 0.0996 e. The molecular weight excluding hydrogens is 328 g/mol. The highest BCUT2D eigenvalue weighted by Gasteiger charge is 2.14. The second-order valence-corrected chi connectivity index (χ2v) is 5.57. The third kappa shape index (κ3) is 2.61. The topological polar surface area (TPSA) is 70.0 Å². The molecule has 0 saturated carbocycles. The number of hydrogen-bond acceptors (Lipinski definition) is 6. The van der Waals surface area contributed by atoms with E-state index in [1.165, 1.54) is 0 Å². The van der Waals surface area contributed by atoms with Gasteiger partial charge < -0.3 is 9.47 Å². The molecule has 128 valence electrons. The van der Waals surface area contributed by atoms with E-state index in [1.807, 2.05) is 24.3 Å². The van der Waals surface area contributed by atoms with Gasteiger partial charge in [0.1, 0.15) is 0 Å². The summed E-state index contributed by atoms with van der Waals surface area (Å²) in [6.45, 7) is 0. The van der Waals surface area contributed by atoms with E-state index in [0.29, 0.717) is 11.4 Å². The van der Waals surface area contributed by atoms with Gasteiger partial charge in [0.15, 0.2) is 0 Å². The Balaban J connectivity index is 2.18. The van der Waals surface area contributed by atoms with E-state index < -0.39 is 0 Å². The van der Waals surface area contributed by atoms with Crippen molar-refractivity contribution in [3.05, 3.63) is 60.6 Å². The summed E-state index contributed by atoms with van der Waals surface area (Å²) in [5.41, 5.74) is 4.54. The van der Waals surface area contributed by atoms with Crippen molar-refractivity contribution in [2.24, 2.45) is 0 Å². The van der Waals surface area contributed by atoms with Gasteiger partial charge in [0, 0.05) is 35.3 Å². The highest BCUT2D eigenvalue weighted by Crippen LogP contribution is 2.31. The Morgan fingerprint density at radius 2 is 1.15 bits per heavy atom. The van der Waals surface area contributed by atoms with Crippen LogP contribution in [0, 0.1) is 0 Å². The first-order valence-corrected chi connectivity index (χ1v) is 8.05. The lowest BCUT2D eigenvalue weighted by Crippen LogP contribution is -1.98. The number of ether oxygens (including phenoxy) is 2. The number of methoxy groups -OCH3 is 2. The Morgan fingerprint density at radius 3 is 1.58 bits per heavy atom. The van der Waals surface area contributed by atoms with E-state index in [1.54, 1.807) is 51.3 Å². The van der Waals surface area contributed by atoms with Crippen molar-refractivity contribution in [2.45, 2.75) is 0 Å². The SMILES string of the molecule is CO/C=C/c1nc2c3cccnc3c3ncccc3c2nc1/C=C/OC. The van der Waals surface area contributed by atoms with Gasteiger partial charge in [0.2, 0.25) is 0 Å². The monoisotopic (exact) mass is 344 g/mol. The van der Waals surface area contributed by atoms with Crippen LogP contribution in [-0.2, 0) is 9.47 Å². The lowest BCUT2D eigenvalue weighted by Gasteiger charge is -2.10. The summed E-state index contributed by atoms with van der Waals surface area (Å²) < 4.78 is 10.1. The van der Waals surface area contributed by atoms with Crippen LogP contribution in [0.4, 0.5) is 0 Å². The molecule has 0 unspecified atom stereocenters. The average Bonchev–Trinajstić information content (AvgIpc) is 2.70. The molecule has 6 heteroatoms. The molecule has 1 aromatic carbocycles. The zero-order valence-corrected chi connectivity index (χ0v) is 14.4. The van der Waals surface area contributed by atoms with E-state index in [0.717, 1.165) is 32.8 Å². The summed E-state index contributed by atoms with van der Waals surface area (Å²) in [7, 11) is 3.18. The molecule has 26 heavy (non-hydrogen) atoms. The molecule has 3 heterocycles. The lowest BCUT2D eigenvalue weighted by atomic mass is 10.1. The number of pyridine rings is 2. The smallest absolute Gasteiger partial charge is 0.0996 e. The molecule has 3 aromatic heterocycles. The normalized spacial score (nSPS) is 11.9. The van der Waals surface area contributed by atoms with Crippen LogP contribution < -0.4 is 0 Å². The molecule has 0 N–H and O–H groups in total. The van der Waals surface area contributed by atoms with Crippen molar-refractivity contribution in [3.8, 4) is 0 Å². The first kappa shape index (κ1) is 16.0. The standard InChI is InChI=1S/C20H16N4O2/c1-25-11-7-15-16(8-12-26-2)24-20-14-6-4-10-22-18(14)17-13(19(20)23-15)5-3-9-21-17/h3-12H,1-2H3/b11-7+,12-8+. The van der Waals surface area contributed by atoms with Crippen molar-refractivity contribution in [1.29, 1.82) is 0 Å². The molecule has 0 aliphatic carbocycles. The second kappa shape index (κ2) is 6.76. The number of aromatic nitrogens is 4. The minimum absolute atomic E-state index is 0.682. The fourth-order valence-electron chi connectivity index (χ4n) is 2.92. The summed E-state index contributed by atoms with van der Waals surface area (Å²) in [6.07, 6.45) is 10.2. The van der Waals surface area contributed by atoms with Crippen LogP contribution in [0.1, 0.15) is 11.4 Å². The first-order valence-electron chi connectivity index (χ1n) is 8.05. The Hall–Kier alpha value is -3.54. The average molecular weight is 344 g/mol. The van der Waals surface area contributed by atoms with E-state index >= 15 is 0 Å². The van der Waals surface area contributed by atoms with Gasteiger partial charge in [-0.1, -0.05) is 0 Å². The summed E-state index contributed by atoms with van der Waals surface area (Å²) in [5.74, 6) is 0. The third-order valence-electron chi connectivity index (χ3n) is 4.03. The summed E-state index contributed by atoms with van der Waals surface area (Å²) in [4.78, 5) is 18.7. The third-order valence-corrected chi connectivity index (χ3v) is 4.03. The minimum atomic E-state index is 0.682. The molecule has 0 spiro atoms. The van der Waals surface area contributed by atoms with Crippen LogP contribution in [0.3, 0.4) is 0 Å². The molecule has 6 nitrogen and oxygen atoms in total. The van der Waals surface area contributed by atoms with Crippen molar-refractivity contribution in [3.63, 3.8) is 0 Å². The summed E-state index contributed by atoms with van der Waals surface area (Å²) in [5, 5.41) is 1.83. The second-order valence-electron chi connectivity index (χ2n) is 5.57. The van der Waals surface area contributed by atoms with Gasteiger partial charge in [-0.15, -0.1) is 0 Å². The Morgan fingerprint density at radius 1 is 0.692 bits per heavy atom. The largest absolute Gasteiger partial charge is 0.504 e. The number of hydrogen-bond donors (Lipinski definition) is 0.